The van der Waals surface area contributed by atoms with Gasteiger partial charge in [0.2, 0.25) is 0 Å². The molecule has 0 heterocycles. The zero-order valence-electron chi connectivity index (χ0n) is 16.7. The van der Waals surface area contributed by atoms with Gasteiger partial charge in [0.25, 0.3) is 5.91 Å². The van der Waals surface area contributed by atoms with Gasteiger partial charge in [0.15, 0.2) is 9.84 Å². The van der Waals surface area contributed by atoms with Gasteiger partial charge in [-0.3, -0.25) is 4.79 Å². The van der Waals surface area contributed by atoms with E-state index >= 15 is 0 Å². The topological polar surface area (TPSA) is 63.2 Å². The van der Waals surface area contributed by atoms with Crippen molar-refractivity contribution in [1.82, 2.24) is 5.32 Å². The van der Waals surface area contributed by atoms with Gasteiger partial charge >= 0.3 is 0 Å². The van der Waals surface area contributed by atoms with Crippen LogP contribution in [-0.2, 0) is 9.84 Å². The molecule has 30 heavy (non-hydrogen) atoms. The van der Waals surface area contributed by atoms with Gasteiger partial charge in [-0.2, -0.15) is 0 Å². The van der Waals surface area contributed by atoms with Gasteiger partial charge in [0.1, 0.15) is 0 Å². The summed E-state index contributed by atoms with van der Waals surface area (Å²) in [4.78, 5) is 12.9. The number of rotatable bonds is 4. The van der Waals surface area contributed by atoms with E-state index in [1.807, 2.05) is 0 Å². The van der Waals surface area contributed by atoms with Crippen molar-refractivity contribution in [3.63, 3.8) is 0 Å². The van der Waals surface area contributed by atoms with Crippen molar-refractivity contribution < 1.29 is 13.2 Å². The highest BCUT2D eigenvalue weighted by atomic mass is 32.2. The van der Waals surface area contributed by atoms with Gasteiger partial charge in [-0.05, 0) is 52.8 Å². The summed E-state index contributed by atoms with van der Waals surface area (Å²) in [7, 11) is -3.35. The summed E-state index contributed by atoms with van der Waals surface area (Å²) in [6, 6.07) is 23.5. The Hall–Kier alpha value is -2.92. The van der Waals surface area contributed by atoms with Crippen molar-refractivity contribution in [3.8, 4) is 0 Å². The second-order valence-corrected chi connectivity index (χ2v) is 10.3. The van der Waals surface area contributed by atoms with Crippen LogP contribution in [0.1, 0.15) is 50.9 Å². The Morgan fingerprint density at radius 2 is 1.50 bits per heavy atom. The zero-order valence-corrected chi connectivity index (χ0v) is 17.5. The summed E-state index contributed by atoms with van der Waals surface area (Å²) in [5.74, 6) is 0.702. The van der Waals surface area contributed by atoms with Crippen molar-refractivity contribution in [2.75, 3.05) is 12.8 Å². The fraction of sp³-hybridized carbons (Fsp3) is 0.240. The van der Waals surface area contributed by atoms with Crippen molar-refractivity contribution in [2.24, 2.45) is 5.92 Å². The molecule has 3 aromatic carbocycles. The van der Waals surface area contributed by atoms with E-state index in [0.29, 0.717) is 23.9 Å². The molecule has 4 nitrogen and oxygen atoms in total. The first-order chi connectivity index (χ1) is 14.4. The fourth-order valence-electron chi connectivity index (χ4n) is 5.15. The predicted octanol–water partition coefficient (Wildman–Crippen LogP) is 4.12. The first kappa shape index (κ1) is 19.1. The molecule has 0 aliphatic heterocycles. The molecule has 5 heteroatoms. The van der Waals surface area contributed by atoms with Crippen LogP contribution < -0.4 is 5.32 Å². The van der Waals surface area contributed by atoms with Crippen LogP contribution in [0.5, 0.6) is 0 Å². The molecule has 0 saturated heterocycles. The number of hydrogen-bond acceptors (Lipinski definition) is 3. The summed E-state index contributed by atoms with van der Waals surface area (Å²) in [6.07, 6.45) is 2.15. The number of benzene rings is 3. The van der Waals surface area contributed by atoms with Crippen molar-refractivity contribution in [1.29, 1.82) is 0 Å². The zero-order chi connectivity index (χ0) is 20.9. The number of nitrogens with one attached hydrogen (secondary N) is 1. The molecule has 3 aliphatic carbocycles. The highest BCUT2D eigenvalue weighted by Crippen LogP contribution is 2.55. The molecule has 6 rings (SSSR count). The minimum Gasteiger partial charge on any atom is -0.352 e. The van der Waals surface area contributed by atoms with Gasteiger partial charge in [0, 0.05) is 30.2 Å². The Bertz CT molecular complexity index is 1200. The van der Waals surface area contributed by atoms with Crippen LogP contribution in [0.2, 0.25) is 0 Å². The largest absolute Gasteiger partial charge is 0.352 e. The van der Waals surface area contributed by atoms with E-state index in [0.717, 1.165) is 12.7 Å². The molecule has 0 saturated carbocycles. The van der Waals surface area contributed by atoms with E-state index in [2.05, 4.69) is 53.8 Å². The monoisotopic (exact) mass is 417 g/mol. The van der Waals surface area contributed by atoms with Crippen LogP contribution in [0.3, 0.4) is 0 Å². The summed E-state index contributed by atoms with van der Waals surface area (Å²) < 4.78 is 23.6. The number of carbonyl (C=O) groups is 1. The molecular weight excluding hydrogens is 394 g/mol. The molecule has 3 aromatic rings. The quantitative estimate of drug-likeness (QED) is 0.695. The van der Waals surface area contributed by atoms with Crippen molar-refractivity contribution >= 4 is 15.7 Å². The average Bonchev–Trinajstić information content (AvgIpc) is 2.77. The molecule has 152 valence electrons. The maximum absolute atomic E-state index is 12.8. The van der Waals surface area contributed by atoms with Crippen LogP contribution >= 0.6 is 0 Å². The second kappa shape index (κ2) is 7.10. The minimum atomic E-state index is -3.35. The molecule has 0 radical (unpaired) electrons. The first-order valence-electron chi connectivity index (χ1n) is 10.2. The molecule has 0 spiro atoms. The predicted molar refractivity (Wildman–Crippen MR) is 117 cm³/mol. The summed E-state index contributed by atoms with van der Waals surface area (Å²) >= 11 is 0. The molecule has 2 bridgehead atoms. The summed E-state index contributed by atoms with van der Waals surface area (Å²) in [5.41, 5.74) is 5.92. The maximum Gasteiger partial charge on any atom is 0.251 e. The van der Waals surface area contributed by atoms with Crippen LogP contribution in [0, 0.1) is 5.92 Å². The molecule has 1 amide bonds. The first-order valence-corrected chi connectivity index (χ1v) is 12.1. The number of amides is 1. The Balaban J connectivity index is 1.40. The second-order valence-electron chi connectivity index (χ2n) is 8.29. The summed E-state index contributed by atoms with van der Waals surface area (Å²) in [5, 5.41) is 3.06. The van der Waals surface area contributed by atoms with E-state index in [9.17, 15) is 13.2 Å². The van der Waals surface area contributed by atoms with Crippen LogP contribution in [0.15, 0.2) is 77.7 Å². The third kappa shape index (κ3) is 3.14. The number of fused-ring (bicyclic) bond motifs is 1. The minimum absolute atomic E-state index is 0.162. The number of carbonyl (C=O) groups excluding carboxylic acids is 1. The lowest BCUT2D eigenvalue weighted by Crippen LogP contribution is -2.39. The van der Waals surface area contributed by atoms with E-state index in [4.69, 9.17) is 0 Å². The number of sulfone groups is 1. The van der Waals surface area contributed by atoms with Crippen molar-refractivity contribution in [3.05, 3.63) is 101 Å². The smallest absolute Gasteiger partial charge is 0.251 e. The molecule has 3 aliphatic rings. The Morgan fingerprint density at radius 1 is 0.900 bits per heavy atom. The molecular formula is C25H23NO3S. The highest BCUT2D eigenvalue weighted by molar-refractivity contribution is 7.90. The highest BCUT2D eigenvalue weighted by Gasteiger charge is 2.42. The lowest BCUT2D eigenvalue weighted by atomic mass is 9.59. The molecule has 0 unspecified atom stereocenters. The van der Waals surface area contributed by atoms with E-state index < -0.39 is 9.84 Å². The molecule has 1 N–H and O–H groups in total. The Labute approximate surface area is 176 Å². The normalized spacial score (nSPS) is 21.6. The SMILES string of the molecule is CS(=O)(=O)c1cccc(C(=O)NC[C@H]2CC3c4ccccc4C2c2ccccc23)c1. The van der Waals surface area contributed by atoms with Crippen molar-refractivity contribution in [2.45, 2.75) is 23.2 Å². The lowest BCUT2D eigenvalue weighted by Gasteiger charge is -2.45. The van der Waals surface area contributed by atoms with Gasteiger partial charge in [0.05, 0.1) is 4.90 Å². The van der Waals surface area contributed by atoms with Gasteiger partial charge in [-0.25, -0.2) is 8.42 Å². The Kier molecular flexibility index (Phi) is 4.51. The van der Waals surface area contributed by atoms with E-state index in [1.165, 1.54) is 34.4 Å². The molecule has 0 fully saturated rings. The van der Waals surface area contributed by atoms with E-state index in [1.54, 1.807) is 12.1 Å². The Morgan fingerprint density at radius 3 is 2.10 bits per heavy atom. The molecule has 0 aromatic heterocycles. The van der Waals surface area contributed by atoms with Crippen LogP contribution in [0.25, 0.3) is 0 Å². The van der Waals surface area contributed by atoms with E-state index in [-0.39, 0.29) is 16.7 Å². The standard InChI is InChI=1S/C25H23NO3S/c1-30(28,29)18-8-6-7-16(13-18)25(27)26-15-17-14-23-19-9-2-4-11-21(19)24(17)22-12-5-3-10-20(22)23/h2-13,17,23-24H,14-15H2,1H3,(H,26,27)/t17-,23?,24?/m1/s1. The lowest BCUT2D eigenvalue weighted by molar-refractivity contribution is 0.0942. The number of hydrogen-bond donors (Lipinski definition) is 1. The van der Waals surface area contributed by atoms with Crippen LogP contribution in [-0.4, -0.2) is 27.1 Å². The molecule has 1 atom stereocenters. The maximum atomic E-state index is 12.8. The average molecular weight is 418 g/mol. The third-order valence-corrected chi connectivity index (χ3v) is 7.58. The fourth-order valence-corrected chi connectivity index (χ4v) is 5.82. The van der Waals surface area contributed by atoms with Gasteiger partial charge < -0.3 is 5.32 Å². The van der Waals surface area contributed by atoms with Gasteiger partial charge in [-0.15, -0.1) is 0 Å². The van der Waals surface area contributed by atoms with Crippen LogP contribution in [0.4, 0.5) is 0 Å². The third-order valence-electron chi connectivity index (χ3n) is 6.47. The van der Waals surface area contributed by atoms with Gasteiger partial charge in [-0.1, -0.05) is 54.6 Å². The summed E-state index contributed by atoms with van der Waals surface area (Å²) in [6.45, 7) is 0.561.